The van der Waals surface area contributed by atoms with Gasteiger partial charge in [0.1, 0.15) is 0 Å². The van der Waals surface area contributed by atoms with Crippen LogP contribution in [0.25, 0.3) is 0 Å². The van der Waals surface area contributed by atoms with Gasteiger partial charge in [-0.3, -0.25) is 4.90 Å². The molecule has 0 amide bonds. The van der Waals surface area contributed by atoms with Crippen LogP contribution in [0.4, 0.5) is 0 Å². The fourth-order valence-corrected chi connectivity index (χ4v) is 3.59. The fraction of sp³-hybridized carbons (Fsp3) is 0.682. The van der Waals surface area contributed by atoms with Crippen molar-refractivity contribution in [3.63, 3.8) is 0 Å². The number of nitrogens with one attached hydrogen (secondary N) is 1. The highest BCUT2D eigenvalue weighted by molar-refractivity contribution is 7.80. The highest BCUT2D eigenvalue weighted by atomic mass is 32.1. The minimum absolute atomic E-state index is 0.866. The van der Waals surface area contributed by atoms with Crippen molar-refractivity contribution in [2.45, 2.75) is 52.5 Å². The summed E-state index contributed by atoms with van der Waals surface area (Å²) in [6, 6.07) is 8.80. The van der Waals surface area contributed by atoms with Gasteiger partial charge in [-0.05, 0) is 37.5 Å². The Bertz CT molecular complexity index is 529. The Morgan fingerprint density at radius 1 is 1.11 bits per heavy atom. The zero-order chi connectivity index (χ0) is 19.3. The first-order valence-corrected chi connectivity index (χ1v) is 11.0. The summed E-state index contributed by atoms with van der Waals surface area (Å²) in [7, 11) is 0. The van der Waals surface area contributed by atoms with E-state index in [9.17, 15) is 0 Å². The van der Waals surface area contributed by atoms with E-state index < -0.39 is 0 Å². The summed E-state index contributed by atoms with van der Waals surface area (Å²) in [6.07, 6.45) is 6.18. The number of nitrogens with zero attached hydrogens (tertiary/aromatic N) is 2. The number of ether oxygens (including phenoxy) is 1. The molecule has 152 valence electrons. The first-order valence-electron chi connectivity index (χ1n) is 10.6. The van der Waals surface area contributed by atoms with Crippen LogP contribution in [0, 0.1) is 6.92 Å². The lowest BCUT2D eigenvalue weighted by Gasteiger charge is -2.29. The smallest absolute Gasteiger partial charge is 0.169 e. The van der Waals surface area contributed by atoms with Gasteiger partial charge in [0.15, 0.2) is 5.11 Å². The van der Waals surface area contributed by atoms with E-state index >= 15 is 0 Å². The van der Waals surface area contributed by atoms with Crippen LogP contribution >= 0.6 is 12.2 Å². The highest BCUT2D eigenvalue weighted by Gasteiger charge is 2.13. The molecule has 0 bridgehead atoms. The second-order valence-corrected chi connectivity index (χ2v) is 7.89. The largest absolute Gasteiger partial charge is 0.379 e. The molecule has 0 aliphatic carbocycles. The van der Waals surface area contributed by atoms with Crippen molar-refractivity contribution in [3.8, 4) is 0 Å². The molecule has 1 aliphatic rings. The molecule has 2 rings (SSSR count). The molecule has 1 fully saturated rings. The zero-order valence-electron chi connectivity index (χ0n) is 17.2. The molecule has 27 heavy (non-hydrogen) atoms. The quantitative estimate of drug-likeness (QED) is 0.455. The number of aryl methyl sites for hydroxylation is 1. The van der Waals surface area contributed by atoms with Gasteiger partial charge in [0.2, 0.25) is 0 Å². The van der Waals surface area contributed by atoms with E-state index in [0.717, 1.165) is 64.0 Å². The Morgan fingerprint density at radius 3 is 2.56 bits per heavy atom. The lowest BCUT2D eigenvalue weighted by atomic mass is 10.1. The number of benzene rings is 1. The van der Waals surface area contributed by atoms with E-state index in [-0.39, 0.29) is 0 Å². The van der Waals surface area contributed by atoms with Crippen molar-refractivity contribution >= 4 is 17.3 Å². The van der Waals surface area contributed by atoms with Gasteiger partial charge < -0.3 is 15.0 Å². The Balaban J connectivity index is 1.82. The topological polar surface area (TPSA) is 27.7 Å². The predicted octanol–water partition coefficient (Wildman–Crippen LogP) is 3.97. The van der Waals surface area contributed by atoms with Crippen LogP contribution in [0.3, 0.4) is 0 Å². The number of unbranched alkanes of at least 4 members (excludes halogenated alkanes) is 3. The van der Waals surface area contributed by atoms with Crippen molar-refractivity contribution in [2.24, 2.45) is 0 Å². The molecule has 4 nitrogen and oxygen atoms in total. The van der Waals surface area contributed by atoms with Crippen LogP contribution in [-0.2, 0) is 11.3 Å². The average molecular weight is 392 g/mol. The zero-order valence-corrected chi connectivity index (χ0v) is 18.0. The Labute approximate surface area is 171 Å². The van der Waals surface area contributed by atoms with Crippen molar-refractivity contribution in [2.75, 3.05) is 45.9 Å². The van der Waals surface area contributed by atoms with Crippen LogP contribution in [0.2, 0.25) is 0 Å². The van der Waals surface area contributed by atoms with Gasteiger partial charge in [-0.2, -0.15) is 0 Å². The molecule has 1 aromatic rings. The molecular weight excluding hydrogens is 354 g/mol. The lowest BCUT2D eigenvalue weighted by molar-refractivity contribution is 0.0367. The second kappa shape index (κ2) is 13.1. The molecule has 1 N–H and O–H groups in total. The Hall–Kier alpha value is -1.17. The summed E-state index contributed by atoms with van der Waals surface area (Å²) in [5.74, 6) is 0. The van der Waals surface area contributed by atoms with Crippen LogP contribution in [0.5, 0.6) is 0 Å². The molecule has 0 aromatic heterocycles. The summed E-state index contributed by atoms with van der Waals surface area (Å²) in [6.45, 7) is 12.2. The van der Waals surface area contributed by atoms with E-state index in [4.69, 9.17) is 17.0 Å². The van der Waals surface area contributed by atoms with Crippen molar-refractivity contribution < 1.29 is 4.74 Å². The van der Waals surface area contributed by atoms with Crippen LogP contribution in [0.1, 0.15) is 50.2 Å². The third kappa shape index (κ3) is 9.04. The maximum Gasteiger partial charge on any atom is 0.169 e. The lowest BCUT2D eigenvalue weighted by Crippen LogP contribution is -2.42. The Morgan fingerprint density at radius 2 is 1.85 bits per heavy atom. The summed E-state index contributed by atoms with van der Waals surface area (Å²) in [5, 5.41) is 4.38. The van der Waals surface area contributed by atoms with Gasteiger partial charge in [0.05, 0.1) is 13.2 Å². The molecular formula is C22H37N3OS. The van der Waals surface area contributed by atoms with Crippen LogP contribution in [-0.4, -0.2) is 60.8 Å². The van der Waals surface area contributed by atoms with E-state index in [2.05, 4.69) is 53.2 Å². The summed E-state index contributed by atoms with van der Waals surface area (Å²) < 4.78 is 5.44. The summed E-state index contributed by atoms with van der Waals surface area (Å²) in [4.78, 5) is 4.83. The molecule has 0 saturated carbocycles. The minimum Gasteiger partial charge on any atom is -0.379 e. The first-order chi connectivity index (χ1) is 13.2. The second-order valence-electron chi connectivity index (χ2n) is 7.51. The van der Waals surface area contributed by atoms with Crippen LogP contribution in [0.15, 0.2) is 24.3 Å². The van der Waals surface area contributed by atoms with Crippen molar-refractivity contribution in [1.29, 1.82) is 0 Å². The van der Waals surface area contributed by atoms with Gasteiger partial charge in [-0.1, -0.05) is 56.0 Å². The molecule has 0 unspecified atom stereocenters. The van der Waals surface area contributed by atoms with E-state index in [1.807, 2.05) is 0 Å². The number of rotatable bonds is 11. The molecule has 0 radical (unpaired) electrons. The number of thiocarbonyl (C=S) groups is 1. The fourth-order valence-electron chi connectivity index (χ4n) is 3.34. The monoisotopic (exact) mass is 391 g/mol. The van der Waals surface area contributed by atoms with E-state index in [0.29, 0.717) is 0 Å². The van der Waals surface area contributed by atoms with Gasteiger partial charge >= 0.3 is 0 Å². The minimum atomic E-state index is 0.866. The summed E-state index contributed by atoms with van der Waals surface area (Å²) >= 11 is 5.73. The standard InChI is InChI=1S/C22H37N3OS/c1-3-4-5-6-12-23-22(27)25(19-21-10-8-20(2)9-11-21)14-7-13-24-15-17-26-18-16-24/h8-11H,3-7,12-19H2,1-2H3,(H,23,27). The molecule has 0 atom stereocenters. The average Bonchev–Trinajstić information content (AvgIpc) is 2.69. The maximum absolute atomic E-state index is 5.73. The Kier molecular flexibility index (Phi) is 10.7. The first kappa shape index (κ1) is 22.1. The number of hydrogen-bond donors (Lipinski definition) is 1. The molecule has 1 aromatic carbocycles. The third-order valence-electron chi connectivity index (χ3n) is 5.09. The van der Waals surface area contributed by atoms with Crippen molar-refractivity contribution in [1.82, 2.24) is 15.1 Å². The molecule has 0 spiro atoms. The van der Waals surface area contributed by atoms with Crippen molar-refractivity contribution in [3.05, 3.63) is 35.4 Å². The molecule has 5 heteroatoms. The predicted molar refractivity (Wildman–Crippen MR) is 118 cm³/mol. The van der Waals surface area contributed by atoms with E-state index in [1.165, 1.54) is 36.8 Å². The van der Waals surface area contributed by atoms with Gasteiger partial charge in [0, 0.05) is 39.3 Å². The van der Waals surface area contributed by atoms with Gasteiger partial charge in [0.25, 0.3) is 0 Å². The summed E-state index contributed by atoms with van der Waals surface area (Å²) in [5.41, 5.74) is 2.62. The van der Waals surface area contributed by atoms with Crippen LogP contribution < -0.4 is 5.32 Å². The highest BCUT2D eigenvalue weighted by Crippen LogP contribution is 2.09. The van der Waals surface area contributed by atoms with E-state index in [1.54, 1.807) is 0 Å². The van der Waals surface area contributed by atoms with Gasteiger partial charge in [-0.15, -0.1) is 0 Å². The normalized spacial score (nSPS) is 14.9. The maximum atomic E-state index is 5.73. The number of morpholine rings is 1. The van der Waals surface area contributed by atoms with Gasteiger partial charge in [-0.25, -0.2) is 0 Å². The SMILES string of the molecule is CCCCCCNC(=S)N(CCCN1CCOCC1)Cc1ccc(C)cc1. The number of hydrogen-bond acceptors (Lipinski definition) is 3. The molecule has 1 heterocycles. The molecule has 1 saturated heterocycles. The molecule has 1 aliphatic heterocycles. The third-order valence-corrected chi connectivity index (χ3v) is 5.50.